The molecule has 9 heteroatoms. The minimum absolute atomic E-state index is 0.0135. The van der Waals surface area contributed by atoms with E-state index >= 15 is 0 Å². The molecule has 3 rings (SSSR count). The summed E-state index contributed by atoms with van der Waals surface area (Å²) in [4.78, 5) is 22.9. The zero-order chi connectivity index (χ0) is 21.7. The average Bonchev–Trinajstić information content (AvgIpc) is 3.11. The van der Waals surface area contributed by atoms with Gasteiger partial charge in [-0.2, -0.15) is 5.10 Å². The van der Waals surface area contributed by atoms with Gasteiger partial charge < -0.3 is 14.8 Å². The largest absolute Gasteiger partial charge is 0.497 e. The minimum Gasteiger partial charge on any atom is -0.497 e. The molecule has 30 heavy (non-hydrogen) atoms. The highest BCUT2D eigenvalue weighted by Crippen LogP contribution is 2.25. The van der Waals surface area contributed by atoms with Crippen LogP contribution < -0.4 is 14.8 Å². The van der Waals surface area contributed by atoms with Gasteiger partial charge in [-0.1, -0.05) is 0 Å². The third-order valence-corrected chi connectivity index (χ3v) is 4.51. The molecule has 2 aromatic carbocycles. The number of carbonyl (C=O) groups is 1. The fourth-order valence-electron chi connectivity index (χ4n) is 3.03. The summed E-state index contributed by atoms with van der Waals surface area (Å²) in [7, 11) is 3.16. The number of amides is 1. The third-order valence-electron chi connectivity index (χ3n) is 4.51. The lowest BCUT2D eigenvalue weighted by molar-refractivity contribution is -0.384. The number of nitrogens with one attached hydrogen (secondary N) is 1. The van der Waals surface area contributed by atoms with Crippen LogP contribution in [0.4, 0.5) is 11.5 Å². The van der Waals surface area contributed by atoms with E-state index < -0.39 is 4.92 Å². The van der Waals surface area contributed by atoms with E-state index in [1.54, 1.807) is 56.2 Å². The van der Waals surface area contributed by atoms with Gasteiger partial charge in [0.05, 0.1) is 30.5 Å². The molecule has 0 atom stereocenters. The van der Waals surface area contributed by atoms with E-state index in [1.165, 1.54) is 12.1 Å². The Morgan fingerprint density at radius 2 is 1.87 bits per heavy atom. The molecule has 0 saturated heterocycles. The lowest BCUT2D eigenvalue weighted by Gasteiger charge is -2.11. The molecular weight excluding hydrogens is 388 g/mol. The molecule has 0 bridgehead atoms. The molecule has 9 nitrogen and oxygen atoms in total. The van der Waals surface area contributed by atoms with Crippen molar-refractivity contribution in [1.82, 2.24) is 9.78 Å². The van der Waals surface area contributed by atoms with Crippen molar-refractivity contribution in [3.05, 3.63) is 69.9 Å². The van der Waals surface area contributed by atoms with Crippen LogP contribution >= 0.6 is 0 Å². The fourth-order valence-corrected chi connectivity index (χ4v) is 3.03. The Labute approximate surface area is 173 Å². The maximum absolute atomic E-state index is 12.6. The van der Waals surface area contributed by atoms with Crippen LogP contribution in [-0.2, 0) is 11.2 Å². The number of aromatic nitrogens is 2. The molecule has 0 aliphatic heterocycles. The van der Waals surface area contributed by atoms with Gasteiger partial charge in [0.2, 0.25) is 5.91 Å². The topological polar surface area (TPSA) is 109 Å². The van der Waals surface area contributed by atoms with Crippen molar-refractivity contribution in [2.45, 2.75) is 19.8 Å². The Kier molecular flexibility index (Phi) is 6.31. The number of anilines is 1. The first-order chi connectivity index (χ1) is 14.4. The lowest BCUT2D eigenvalue weighted by Crippen LogP contribution is -2.15. The van der Waals surface area contributed by atoms with Gasteiger partial charge in [0.25, 0.3) is 5.69 Å². The normalized spacial score (nSPS) is 10.5. The molecule has 0 aliphatic carbocycles. The van der Waals surface area contributed by atoms with Gasteiger partial charge in [-0.05, 0) is 49.2 Å². The van der Waals surface area contributed by atoms with Gasteiger partial charge in [-0.15, -0.1) is 0 Å². The molecule has 1 N–H and O–H groups in total. The standard InChI is InChI=1S/C21H22N4O5/c1-14-12-20(24(23-14)16-5-7-17(8-6-16)25(27)28)22-21(26)11-4-15-13-18(29-2)9-10-19(15)30-3/h5-10,12-13H,4,11H2,1-3H3,(H,22,26). The number of hydrogen-bond acceptors (Lipinski definition) is 6. The highest BCUT2D eigenvalue weighted by molar-refractivity contribution is 5.90. The second kappa shape index (κ2) is 9.08. The predicted molar refractivity (Wildman–Crippen MR) is 111 cm³/mol. The SMILES string of the molecule is COc1ccc(OC)c(CCC(=O)Nc2cc(C)nn2-c2ccc([N+](=O)[O-])cc2)c1. The first-order valence-corrected chi connectivity index (χ1v) is 9.23. The smallest absolute Gasteiger partial charge is 0.269 e. The molecule has 0 unspecified atom stereocenters. The second-order valence-corrected chi connectivity index (χ2v) is 6.58. The van der Waals surface area contributed by atoms with Crippen LogP contribution in [0.3, 0.4) is 0 Å². The summed E-state index contributed by atoms with van der Waals surface area (Å²) in [5, 5.41) is 18.1. The van der Waals surface area contributed by atoms with Crippen molar-refractivity contribution in [2.75, 3.05) is 19.5 Å². The number of non-ortho nitro benzene ring substituents is 1. The Morgan fingerprint density at radius 1 is 1.13 bits per heavy atom. The van der Waals surface area contributed by atoms with Crippen molar-refractivity contribution >= 4 is 17.4 Å². The summed E-state index contributed by atoms with van der Waals surface area (Å²) in [6.45, 7) is 1.80. The third kappa shape index (κ3) is 4.75. The molecule has 0 saturated carbocycles. The van der Waals surface area contributed by atoms with Crippen LogP contribution in [0.2, 0.25) is 0 Å². The zero-order valence-electron chi connectivity index (χ0n) is 16.9. The highest BCUT2D eigenvalue weighted by atomic mass is 16.6. The number of nitrogens with zero attached hydrogens (tertiary/aromatic N) is 3. The van der Waals surface area contributed by atoms with Gasteiger partial charge in [-0.25, -0.2) is 4.68 Å². The quantitative estimate of drug-likeness (QED) is 0.448. The van der Waals surface area contributed by atoms with Crippen LogP contribution in [0.15, 0.2) is 48.5 Å². The molecule has 0 spiro atoms. The molecule has 0 aliphatic rings. The fraction of sp³-hybridized carbons (Fsp3) is 0.238. The van der Waals surface area contributed by atoms with Crippen molar-refractivity contribution in [2.24, 2.45) is 0 Å². The van der Waals surface area contributed by atoms with E-state index in [1.807, 2.05) is 6.07 Å². The number of nitro groups is 1. The number of benzene rings is 2. The molecular formula is C21H22N4O5. The van der Waals surface area contributed by atoms with Crippen molar-refractivity contribution in [3.8, 4) is 17.2 Å². The van der Waals surface area contributed by atoms with Crippen molar-refractivity contribution in [3.63, 3.8) is 0 Å². The minimum atomic E-state index is -0.465. The number of methoxy groups -OCH3 is 2. The van der Waals surface area contributed by atoms with E-state index in [0.29, 0.717) is 35.1 Å². The molecule has 1 aromatic heterocycles. The van der Waals surface area contributed by atoms with Gasteiger partial charge in [0.1, 0.15) is 17.3 Å². The van der Waals surface area contributed by atoms with Gasteiger partial charge in [0.15, 0.2) is 0 Å². The Balaban J connectivity index is 1.73. The Hall–Kier alpha value is -3.88. The molecule has 0 radical (unpaired) electrons. The molecule has 156 valence electrons. The van der Waals surface area contributed by atoms with E-state index in [4.69, 9.17) is 9.47 Å². The van der Waals surface area contributed by atoms with E-state index in [2.05, 4.69) is 10.4 Å². The summed E-state index contributed by atoms with van der Waals surface area (Å²) in [5.74, 6) is 1.68. The van der Waals surface area contributed by atoms with E-state index in [-0.39, 0.29) is 18.0 Å². The van der Waals surface area contributed by atoms with Crippen molar-refractivity contribution < 1.29 is 19.2 Å². The van der Waals surface area contributed by atoms with Gasteiger partial charge in [0, 0.05) is 24.6 Å². The van der Waals surface area contributed by atoms with Crippen LogP contribution in [0, 0.1) is 17.0 Å². The van der Waals surface area contributed by atoms with Crippen LogP contribution in [0.25, 0.3) is 5.69 Å². The number of carbonyl (C=O) groups excluding carboxylic acids is 1. The lowest BCUT2D eigenvalue weighted by atomic mass is 10.1. The molecule has 3 aromatic rings. The van der Waals surface area contributed by atoms with Crippen LogP contribution in [0.5, 0.6) is 11.5 Å². The predicted octanol–water partition coefficient (Wildman–Crippen LogP) is 3.68. The van der Waals surface area contributed by atoms with Crippen LogP contribution in [0.1, 0.15) is 17.7 Å². The number of ether oxygens (including phenoxy) is 2. The Morgan fingerprint density at radius 3 is 2.50 bits per heavy atom. The zero-order valence-corrected chi connectivity index (χ0v) is 16.9. The van der Waals surface area contributed by atoms with E-state index in [9.17, 15) is 14.9 Å². The molecule has 1 heterocycles. The summed E-state index contributed by atoms with van der Waals surface area (Å²) in [5.41, 5.74) is 2.17. The number of nitro benzene ring substituents is 1. The van der Waals surface area contributed by atoms with Crippen LogP contribution in [-0.4, -0.2) is 34.8 Å². The second-order valence-electron chi connectivity index (χ2n) is 6.58. The monoisotopic (exact) mass is 410 g/mol. The molecule has 0 fully saturated rings. The first kappa shape index (κ1) is 20.8. The summed E-state index contributed by atoms with van der Waals surface area (Å²) in [6.07, 6.45) is 0.699. The maximum Gasteiger partial charge on any atom is 0.269 e. The van der Waals surface area contributed by atoms with Crippen molar-refractivity contribution in [1.29, 1.82) is 0 Å². The Bertz CT molecular complexity index is 1060. The average molecular weight is 410 g/mol. The summed E-state index contributed by atoms with van der Waals surface area (Å²) in [6, 6.07) is 13.2. The maximum atomic E-state index is 12.6. The first-order valence-electron chi connectivity index (χ1n) is 9.23. The van der Waals surface area contributed by atoms with E-state index in [0.717, 1.165) is 5.56 Å². The summed E-state index contributed by atoms with van der Waals surface area (Å²) < 4.78 is 12.1. The highest BCUT2D eigenvalue weighted by Gasteiger charge is 2.14. The number of rotatable bonds is 8. The van der Waals surface area contributed by atoms with Gasteiger partial charge in [-0.3, -0.25) is 14.9 Å². The number of aryl methyl sites for hydroxylation is 2. The number of hydrogen-bond donors (Lipinski definition) is 1. The summed E-state index contributed by atoms with van der Waals surface area (Å²) >= 11 is 0. The van der Waals surface area contributed by atoms with Gasteiger partial charge >= 0.3 is 0 Å². The molecule has 1 amide bonds.